The van der Waals surface area contributed by atoms with Crippen molar-refractivity contribution < 1.29 is 9.21 Å². The number of amides is 1. The third kappa shape index (κ3) is 4.06. The number of aromatic nitrogens is 1. The number of nitriles is 1. The van der Waals surface area contributed by atoms with Crippen LogP contribution in [-0.2, 0) is 4.79 Å². The molecule has 5 nitrogen and oxygen atoms in total. The van der Waals surface area contributed by atoms with Gasteiger partial charge in [-0.05, 0) is 54.6 Å². The van der Waals surface area contributed by atoms with Crippen LogP contribution in [0.25, 0.3) is 28.3 Å². The zero-order valence-corrected chi connectivity index (χ0v) is 16.9. The van der Waals surface area contributed by atoms with E-state index in [4.69, 9.17) is 27.6 Å². The number of carbonyl (C=O) groups excluding carboxylic acids is 1. The van der Waals surface area contributed by atoms with Gasteiger partial charge < -0.3 is 9.73 Å². The van der Waals surface area contributed by atoms with Crippen LogP contribution < -0.4 is 5.32 Å². The highest BCUT2D eigenvalue weighted by atomic mass is 35.5. The van der Waals surface area contributed by atoms with Crippen molar-refractivity contribution in [3.05, 3.63) is 88.2 Å². The summed E-state index contributed by atoms with van der Waals surface area (Å²) in [5, 5.41) is 14.0. The van der Waals surface area contributed by atoms with Crippen molar-refractivity contribution in [3.63, 3.8) is 0 Å². The van der Waals surface area contributed by atoms with Gasteiger partial charge in [-0.25, -0.2) is 0 Å². The van der Waals surface area contributed by atoms with Crippen LogP contribution in [0.1, 0.15) is 5.76 Å². The Balaban J connectivity index is 1.61. The van der Waals surface area contributed by atoms with Crippen LogP contribution in [-0.4, -0.2) is 10.9 Å². The molecule has 146 valence electrons. The smallest absolute Gasteiger partial charge is 0.266 e. The maximum atomic E-state index is 12.7. The molecule has 0 saturated carbocycles. The standard InChI is InChI=1S/C23H13Cl2N3O2/c24-15-6-8-19(25)18(12-15)22-9-7-16(30-22)11-14(13-26)23(29)28-21-5-1-4-20-17(21)3-2-10-27-20/h1-12H,(H,28,29). The second-order valence-electron chi connectivity index (χ2n) is 6.33. The maximum Gasteiger partial charge on any atom is 0.266 e. The van der Waals surface area contributed by atoms with Crippen molar-refractivity contribution in [1.29, 1.82) is 5.26 Å². The molecule has 0 radical (unpaired) electrons. The van der Waals surface area contributed by atoms with E-state index in [9.17, 15) is 10.1 Å². The van der Waals surface area contributed by atoms with Gasteiger partial charge >= 0.3 is 0 Å². The number of hydrogen-bond acceptors (Lipinski definition) is 4. The first-order valence-electron chi connectivity index (χ1n) is 8.87. The van der Waals surface area contributed by atoms with E-state index in [1.54, 1.807) is 54.7 Å². The van der Waals surface area contributed by atoms with Crippen molar-refractivity contribution in [2.24, 2.45) is 0 Å². The molecule has 0 aliphatic rings. The summed E-state index contributed by atoms with van der Waals surface area (Å²) in [6.45, 7) is 0. The lowest BCUT2D eigenvalue weighted by Crippen LogP contribution is -2.13. The SMILES string of the molecule is N#CC(=Cc1ccc(-c2cc(Cl)ccc2Cl)o1)C(=O)Nc1cccc2ncccc12. The van der Waals surface area contributed by atoms with Crippen LogP contribution >= 0.6 is 23.2 Å². The van der Waals surface area contributed by atoms with Crippen LogP contribution in [0.5, 0.6) is 0 Å². The van der Waals surface area contributed by atoms with E-state index >= 15 is 0 Å². The molecule has 0 spiro atoms. The summed E-state index contributed by atoms with van der Waals surface area (Å²) in [5.41, 5.74) is 1.83. The number of nitrogens with one attached hydrogen (secondary N) is 1. The molecule has 1 amide bonds. The van der Waals surface area contributed by atoms with Crippen molar-refractivity contribution in [2.45, 2.75) is 0 Å². The van der Waals surface area contributed by atoms with Crippen molar-refractivity contribution >= 4 is 51.8 Å². The third-order valence-corrected chi connectivity index (χ3v) is 4.93. The van der Waals surface area contributed by atoms with Crippen LogP contribution in [0.3, 0.4) is 0 Å². The summed E-state index contributed by atoms with van der Waals surface area (Å²) >= 11 is 12.2. The van der Waals surface area contributed by atoms with Gasteiger partial charge in [-0.2, -0.15) is 5.26 Å². The lowest BCUT2D eigenvalue weighted by molar-refractivity contribution is -0.112. The molecule has 2 heterocycles. The first kappa shape index (κ1) is 19.7. The molecule has 4 aromatic rings. The fraction of sp³-hybridized carbons (Fsp3) is 0. The zero-order chi connectivity index (χ0) is 21.1. The molecular formula is C23H13Cl2N3O2. The maximum absolute atomic E-state index is 12.7. The molecule has 0 aliphatic heterocycles. The normalized spacial score (nSPS) is 11.3. The molecule has 2 aromatic heterocycles. The Morgan fingerprint density at radius 3 is 2.80 bits per heavy atom. The average molecular weight is 434 g/mol. The minimum Gasteiger partial charge on any atom is -0.457 e. The Kier molecular flexibility index (Phi) is 5.53. The number of furan rings is 1. The second-order valence-corrected chi connectivity index (χ2v) is 7.17. The Labute approximate surface area is 182 Å². The van der Waals surface area contributed by atoms with Gasteiger partial charge in [0.05, 0.1) is 16.2 Å². The monoisotopic (exact) mass is 433 g/mol. The molecule has 7 heteroatoms. The van der Waals surface area contributed by atoms with Gasteiger partial charge in [0.2, 0.25) is 0 Å². The van der Waals surface area contributed by atoms with Gasteiger partial charge in [-0.15, -0.1) is 0 Å². The number of anilines is 1. The van der Waals surface area contributed by atoms with Gasteiger partial charge in [-0.1, -0.05) is 29.3 Å². The molecule has 30 heavy (non-hydrogen) atoms. The third-order valence-electron chi connectivity index (χ3n) is 4.37. The van der Waals surface area contributed by atoms with Gasteiger partial charge in [-0.3, -0.25) is 9.78 Å². The van der Waals surface area contributed by atoms with Crippen molar-refractivity contribution in [1.82, 2.24) is 4.98 Å². The van der Waals surface area contributed by atoms with Gasteiger partial charge in [0.1, 0.15) is 23.2 Å². The van der Waals surface area contributed by atoms with E-state index in [0.717, 1.165) is 10.9 Å². The second kappa shape index (κ2) is 8.42. The first-order chi connectivity index (χ1) is 14.5. The highest BCUT2D eigenvalue weighted by Gasteiger charge is 2.14. The molecule has 4 rings (SSSR count). The number of hydrogen-bond donors (Lipinski definition) is 1. The van der Waals surface area contributed by atoms with Crippen LogP contribution in [0.15, 0.2) is 76.9 Å². The van der Waals surface area contributed by atoms with Crippen LogP contribution in [0.2, 0.25) is 10.0 Å². The Hall–Kier alpha value is -3.59. The quantitative estimate of drug-likeness (QED) is 0.300. The molecular weight excluding hydrogens is 421 g/mol. The number of benzene rings is 2. The number of halogens is 2. The summed E-state index contributed by atoms with van der Waals surface area (Å²) in [7, 11) is 0. The largest absolute Gasteiger partial charge is 0.457 e. The first-order valence-corrected chi connectivity index (χ1v) is 9.63. The minimum absolute atomic E-state index is 0.103. The van der Waals surface area contributed by atoms with Crippen molar-refractivity contribution in [2.75, 3.05) is 5.32 Å². The molecule has 1 N–H and O–H groups in total. The summed E-state index contributed by atoms with van der Waals surface area (Å²) < 4.78 is 5.75. The van der Waals surface area contributed by atoms with Gasteiger partial charge in [0.25, 0.3) is 5.91 Å². The number of pyridine rings is 1. The minimum atomic E-state index is -0.549. The summed E-state index contributed by atoms with van der Waals surface area (Å²) in [6, 6.07) is 19.3. The summed E-state index contributed by atoms with van der Waals surface area (Å²) in [4.78, 5) is 16.9. The lowest BCUT2D eigenvalue weighted by atomic mass is 10.1. The predicted molar refractivity (Wildman–Crippen MR) is 118 cm³/mol. The highest BCUT2D eigenvalue weighted by molar-refractivity contribution is 6.35. The molecule has 2 aromatic carbocycles. The van der Waals surface area contributed by atoms with E-state index in [1.807, 2.05) is 18.2 Å². The van der Waals surface area contributed by atoms with Gasteiger partial charge in [0.15, 0.2) is 0 Å². The Bertz CT molecular complexity index is 1330. The van der Waals surface area contributed by atoms with Crippen LogP contribution in [0.4, 0.5) is 5.69 Å². The van der Waals surface area contributed by atoms with E-state index in [1.165, 1.54) is 6.08 Å². The number of fused-ring (bicyclic) bond motifs is 1. The number of carbonyl (C=O) groups is 1. The topological polar surface area (TPSA) is 78.9 Å². The van der Waals surface area contributed by atoms with E-state index < -0.39 is 5.91 Å². The predicted octanol–water partition coefficient (Wildman–Crippen LogP) is 6.35. The van der Waals surface area contributed by atoms with Gasteiger partial charge in [0, 0.05) is 28.2 Å². The van der Waals surface area contributed by atoms with Crippen molar-refractivity contribution in [3.8, 4) is 17.4 Å². The van der Waals surface area contributed by atoms with E-state index in [2.05, 4.69) is 10.3 Å². The van der Waals surface area contributed by atoms with E-state index in [-0.39, 0.29) is 5.57 Å². The highest BCUT2D eigenvalue weighted by Crippen LogP contribution is 2.32. The lowest BCUT2D eigenvalue weighted by Gasteiger charge is -2.07. The number of rotatable bonds is 4. The molecule has 0 saturated heterocycles. The zero-order valence-electron chi connectivity index (χ0n) is 15.4. The fourth-order valence-electron chi connectivity index (χ4n) is 2.95. The van der Waals surface area contributed by atoms with E-state index in [0.29, 0.717) is 32.8 Å². The molecule has 0 atom stereocenters. The summed E-state index contributed by atoms with van der Waals surface area (Å²) in [5.74, 6) is 0.270. The molecule has 0 aliphatic carbocycles. The number of nitrogens with zero attached hydrogens (tertiary/aromatic N) is 2. The fourth-order valence-corrected chi connectivity index (χ4v) is 3.34. The summed E-state index contributed by atoms with van der Waals surface area (Å²) in [6.07, 6.45) is 3.05. The average Bonchev–Trinajstić information content (AvgIpc) is 3.22. The van der Waals surface area contributed by atoms with Crippen LogP contribution in [0, 0.1) is 11.3 Å². The Morgan fingerprint density at radius 1 is 1.10 bits per heavy atom. The molecule has 0 fully saturated rings. The molecule has 0 bridgehead atoms. The Morgan fingerprint density at radius 2 is 1.97 bits per heavy atom. The molecule has 0 unspecified atom stereocenters.